The van der Waals surface area contributed by atoms with Gasteiger partial charge in [0.1, 0.15) is 0 Å². The van der Waals surface area contributed by atoms with E-state index in [-0.39, 0.29) is 11.4 Å². The lowest BCUT2D eigenvalue weighted by atomic mass is 9.96. The number of hydrogen-bond acceptors (Lipinski definition) is 3. The Morgan fingerprint density at radius 1 is 1.08 bits per heavy atom. The zero-order chi connectivity index (χ0) is 18.7. The van der Waals surface area contributed by atoms with E-state index in [1.54, 1.807) is 0 Å². The topological polar surface area (TPSA) is 45.2 Å². The van der Waals surface area contributed by atoms with Crippen LogP contribution in [0, 0.1) is 13.8 Å². The Hall–Kier alpha value is -2.20. The molecule has 4 nitrogen and oxygen atoms in total. The van der Waals surface area contributed by atoms with Crippen molar-refractivity contribution in [2.45, 2.75) is 45.1 Å². The molecule has 3 rings (SSSR count). The molecule has 0 aliphatic heterocycles. The highest BCUT2D eigenvalue weighted by molar-refractivity contribution is 5.95. The van der Waals surface area contributed by atoms with Crippen LogP contribution in [0.3, 0.4) is 0 Å². The number of aryl methyl sites for hydroxylation is 2. The summed E-state index contributed by atoms with van der Waals surface area (Å²) in [6.45, 7) is 4.67. The standard InChI is InChI=1S/C22H29N3O/c1-16-7-9-18(10-8-16)20-12-11-19(17(2)24-20)21(26)23-15-22(25(3)4)13-5-6-14-22/h7-12H,5-6,13-15H2,1-4H3,(H,23,26). The zero-order valence-corrected chi connectivity index (χ0v) is 16.3. The van der Waals surface area contributed by atoms with E-state index in [1.165, 1.54) is 18.4 Å². The van der Waals surface area contributed by atoms with E-state index in [2.05, 4.69) is 60.5 Å². The summed E-state index contributed by atoms with van der Waals surface area (Å²) in [5.74, 6) is -0.0291. The number of hydrogen-bond donors (Lipinski definition) is 1. The third kappa shape index (κ3) is 3.80. The average Bonchev–Trinajstić information content (AvgIpc) is 3.10. The van der Waals surface area contributed by atoms with Crippen LogP contribution in [0.4, 0.5) is 0 Å². The number of nitrogens with one attached hydrogen (secondary N) is 1. The number of rotatable bonds is 5. The third-order valence-corrected chi connectivity index (χ3v) is 5.74. The molecule has 26 heavy (non-hydrogen) atoms. The first-order valence-corrected chi connectivity index (χ1v) is 9.42. The van der Waals surface area contributed by atoms with Gasteiger partial charge in [0, 0.05) is 17.6 Å². The fourth-order valence-electron chi connectivity index (χ4n) is 3.84. The van der Waals surface area contributed by atoms with E-state index in [4.69, 9.17) is 0 Å². The molecule has 1 amide bonds. The van der Waals surface area contributed by atoms with E-state index in [0.717, 1.165) is 29.8 Å². The molecule has 1 aromatic heterocycles. The van der Waals surface area contributed by atoms with Crippen molar-refractivity contribution in [2.75, 3.05) is 20.6 Å². The molecule has 1 aliphatic rings. The van der Waals surface area contributed by atoms with Gasteiger partial charge < -0.3 is 10.2 Å². The van der Waals surface area contributed by atoms with Gasteiger partial charge in [-0.05, 0) is 52.9 Å². The molecule has 1 saturated carbocycles. The second kappa shape index (κ2) is 7.58. The first-order chi connectivity index (χ1) is 12.4. The molecular formula is C22H29N3O. The highest BCUT2D eigenvalue weighted by Crippen LogP contribution is 2.33. The van der Waals surface area contributed by atoms with Crippen LogP contribution >= 0.6 is 0 Å². The van der Waals surface area contributed by atoms with Crippen LogP contribution in [-0.2, 0) is 0 Å². The molecule has 4 heteroatoms. The summed E-state index contributed by atoms with van der Waals surface area (Å²) >= 11 is 0. The van der Waals surface area contributed by atoms with Gasteiger partial charge in [0.2, 0.25) is 0 Å². The summed E-state index contributed by atoms with van der Waals surface area (Å²) in [4.78, 5) is 19.6. The van der Waals surface area contributed by atoms with Crippen molar-refractivity contribution >= 4 is 5.91 Å². The molecule has 0 unspecified atom stereocenters. The highest BCUT2D eigenvalue weighted by Gasteiger charge is 2.36. The van der Waals surface area contributed by atoms with E-state index < -0.39 is 0 Å². The Morgan fingerprint density at radius 2 is 1.73 bits per heavy atom. The molecule has 0 bridgehead atoms. The van der Waals surface area contributed by atoms with Crippen LogP contribution in [-0.4, -0.2) is 42.0 Å². The number of aromatic nitrogens is 1. The number of carbonyl (C=O) groups is 1. The molecule has 0 saturated heterocycles. The minimum atomic E-state index is -0.0291. The quantitative estimate of drug-likeness (QED) is 0.886. The van der Waals surface area contributed by atoms with E-state index in [9.17, 15) is 4.79 Å². The molecule has 0 spiro atoms. The second-order valence-corrected chi connectivity index (χ2v) is 7.70. The smallest absolute Gasteiger partial charge is 0.253 e. The van der Waals surface area contributed by atoms with Gasteiger partial charge in [-0.2, -0.15) is 0 Å². The average molecular weight is 351 g/mol. The van der Waals surface area contributed by atoms with Gasteiger partial charge in [-0.3, -0.25) is 9.78 Å². The maximum atomic E-state index is 12.7. The molecular weight excluding hydrogens is 322 g/mol. The largest absolute Gasteiger partial charge is 0.350 e. The number of likely N-dealkylation sites (N-methyl/N-ethyl adjacent to an activating group) is 1. The third-order valence-electron chi connectivity index (χ3n) is 5.74. The Balaban J connectivity index is 1.72. The van der Waals surface area contributed by atoms with Gasteiger partial charge in [0.25, 0.3) is 5.91 Å². The van der Waals surface area contributed by atoms with Crippen LogP contribution < -0.4 is 5.32 Å². The van der Waals surface area contributed by atoms with E-state index in [1.807, 2.05) is 19.1 Å². The second-order valence-electron chi connectivity index (χ2n) is 7.70. The number of pyridine rings is 1. The van der Waals surface area contributed by atoms with Crippen LogP contribution in [0.2, 0.25) is 0 Å². The molecule has 1 heterocycles. The Bertz CT molecular complexity index is 774. The molecule has 138 valence electrons. The Kier molecular flexibility index (Phi) is 5.42. The van der Waals surface area contributed by atoms with E-state index in [0.29, 0.717) is 12.1 Å². The van der Waals surface area contributed by atoms with Crippen molar-refractivity contribution in [1.82, 2.24) is 15.2 Å². The molecule has 1 aromatic carbocycles. The van der Waals surface area contributed by atoms with Gasteiger partial charge >= 0.3 is 0 Å². The van der Waals surface area contributed by atoms with Crippen molar-refractivity contribution in [3.05, 3.63) is 53.2 Å². The van der Waals surface area contributed by atoms with Gasteiger partial charge in [-0.25, -0.2) is 0 Å². The number of benzene rings is 1. The Morgan fingerprint density at radius 3 is 2.31 bits per heavy atom. The van der Waals surface area contributed by atoms with Gasteiger partial charge in [-0.15, -0.1) is 0 Å². The summed E-state index contributed by atoms with van der Waals surface area (Å²) in [6, 6.07) is 12.1. The summed E-state index contributed by atoms with van der Waals surface area (Å²) < 4.78 is 0. The highest BCUT2D eigenvalue weighted by atomic mass is 16.1. The van der Waals surface area contributed by atoms with Crippen molar-refractivity contribution in [1.29, 1.82) is 0 Å². The Labute approximate surface area is 156 Å². The predicted molar refractivity (Wildman–Crippen MR) is 106 cm³/mol. The molecule has 1 fully saturated rings. The van der Waals surface area contributed by atoms with Crippen molar-refractivity contribution < 1.29 is 4.79 Å². The van der Waals surface area contributed by atoms with Crippen LogP contribution in [0.15, 0.2) is 36.4 Å². The summed E-state index contributed by atoms with van der Waals surface area (Å²) in [5.41, 5.74) is 4.73. The maximum absolute atomic E-state index is 12.7. The molecule has 1 N–H and O–H groups in total. The minimum absolute atomic E-state index is 0.0291. The van der Waals surface area contributed by atoms with Crippen molar-refractivity contribution in [3.8, 4) is 11.3 Å². The number of nitrogens with zero attached hydrogens (tertiary/aromatic N) is 2. The number of amides is 1. The first kappa shape index (κ1) is 18.6. The lowest BCUT2D eigenvalue weighted by Gasteiger charge is -2.36. The fraction of sp³-hybridized carbons (Fsp3) is 0.455. The van der Waals surface area contributed by atoms with Gasteiger partial charge in [0.05, 0.1) is 17.0 Å². The zero-order valence-electron chi connectivity index (χ0n) is 16.3. The van der Waals surface area contributed by atoms with Crippen molar-refractivity contribution in [2.24, 2.45) is 0 Å². The summed E-state index contributed by atoms with van der Waals surface area (Å²) in [7, 11) is 4.22. The summed E-state index contributed by atoms with van der Waals surface area (Å²) in [6.07, 6.45) is 4.76. The minimum Gasteiger partial charge on any atom is -0.350 e. The summed E-state index contributed by atoms with van der Waals surface area (Å²) in [5, 5.41) is 3.15. The lowest BCUT2D eigenvalue weighted by molar-refractivity contribution is 0.0899. The van der Waals surface area contributed by atoms with E-state index >= 15 is 0 Å². The molecule has 2 aromatic rings. The normalized spacial score (nSPS) is 16.0. The van der Waals surface area contributed by atoms with Gasteiger partial charge in [0.15, 0.2) is 0 Å². The molecule has 0 radical (unpaired) electrons. The van der Waals surface area contributed by atoms with Crippen LogP contribution in [0.1, 0.15) is 47.3 Å². The monoisotopic (exact) mass is 351 g/mol. The SMILES string of the molecule is Cc1ccc(-c2ccc(C(=O)NCC3(N(C)C)CCCC3)c(C)n2)cc1. The first-order valence-electron chi connectivity index (χ1n) is 9.42. The van der Waals surface area contributed by atoms with Crippen LogP contribution in [0.5, 0.6) is 0 Å². The molecule has 1 aliphatic carbocycles. The lowest BCUT2D eigenvalue weighted by Crippen LogP contribution is -2.50. The predicted octanol–water partition coefficient (Wildman–Crippen LogP) is 3.97. The molecule has 0 atom stereocenters. The maximum Gasteiger partial charge on any atom is 0.253 e. The number of carbonyl (C=O) groups excluding carboxylic acids is 1. The van der Waals surface area contributed by atoms with Crippen molar-refractivity contribution in [3.63, 3.8) is 0 Å². The fourth-order valence-corrected chi connectivity index (χ4v) is 3.84. The van der Waals surface area contributed by atoms with Crippen LogP contribution in [0.25, 0.3) is 11.3 Å². The van der Waals surface area contributed by atoms with Gasteiger partial charge in [-0.1, -0.05) is 42.7 Å².